The molecule has 4 heteroatoms. The van der Waals surface area contributed by atoms with Crippen LogP contribution < -0.4 is 10.2 Å². The number of anilines is 1. The zero-order chi connectivity index (χ0) is 17.5. The van der Waals surface area contributed by atoms with Gasteiger partial charge in [0.1, 0.15) is 0 Å². The molecular weight excluding hydrogens is 312 g/mol. The first-order valence-corrected chi connectivity index (χ1v) is 9.07. The van der Waals surface area contributed by atoms with Crippen LogP contribution in [0.3, 0.4) is 0 Å². The fourth-order valence-electron chi connectivity index (χ4n) is 3.46. The predicted molar refractivity (Wildman–Crippen MR) is 103 cm³/mol. The van der Waals surface area contributed by atoms with E-state index in [1.807, 2.05) is 0 Å². The Hall–Kier alpha value is -2.49. The number of hydrogen-bond acceptors (Lipinski definition) is 2. The van der Waals surface area contributed by atoms with E-state index in [0.717, 1.165) is 32.4 Å². The van der Waals surface area contributed by atoms with Crippen LogP contribution in [0.1, 0.15) is 37.7 Å². The summed E-state index contributed by atoms with van der Waals surface area (Å²) in [6.07, 6.45) is 13.3. The summed E-state index contributed by atoms with van der Waals surface area (Å²) < 4.78 is 0. The summed E-state index contributed by atoms with van der Waals surface area (Å²) in [5.74, 6) is 0. The molecule has 0 bridgehead atoms. The van der Waals surface area contributed by atoms with E-state index in [0.29, 0.717) is 6.54 Å². The van der Waals surface area contributed by atoms with Crippen molar-refractivity contribution < 1.29 is 9.90 Å². The summed E-state index contributed by atoms with van der Waals surface area (Å²) in [7, 11) is 0. The van der Waals surface area contributed by atoms with Crippen LogP contribution in [-0.2, 0) is 0 Å². The van der Waals surface area contributed by atoms with Crippen molar-refractivity contribution in [1.29, 1.82) is 0 Å². The maximum absolute atomic E-state index is 10.5. The largest absolute Gasteiger partial charge is 0.465 e. The van der Waals surface area contributed by atoms with Gasteiger partial charge < -0.3 is 15.3 Å². The highest BCUT2D eigenvalue weighted by molar-refractivity contribution is 5.71. The molecule has 25 heavy (non-hydrogen) atoms. The minimum absolute atomic E-state index is 0.445. The lowest BCUT2D eigenvalue weighted by atomic mass is 9.94. The number of unbranched alkanes of at least 4 members (excludes halogenated alkanes) is 1. The molecule has 3 rings (SSSR count). The van der Waals surface area contributed by atoms with Gasteiger partial charge in [-0.15, -0.1) is 0 Å². The normalized spacial score (nSPS) is 16.1. The van der Waals surface area contributed by atoms with Gasteiger partial charge in [-0.1, -0.05) is 53.6 Å². The second kappa shape index (κ2) is 8.56. The highest BCUT2D eigenvalue weighted by Gasteiger charge is 2.12. The van der Waals surface area contributed by atoms with Gasteiger partial charge in [0.2, 0.25) is 0 Å². The number of hydrogen-bond donors (Lipinski definition) is 2. The summed E-state index contributed by atoms with van der Waals surface area (Å²) in [6.45, 7) is 2.54. The number of nitrogens with zero attached hydrogens (tertiary/aromatic N) is 1. The Labute approximate surface area is 149 Å². The summed E-state index contributed by atoms with van der Waals surface area (Å²) in [6, 6.07) is 8.59. The minimum Gasteiger partial charge on any atom is -0.465 e. The number of carboxylic acid groups (broad SMARTS) is 1. The molecule has 2 aliphatic rings. The first-order valence-electron chi connectivity index (χ1n) is 9.07. The second-order valence-corrected chi connectivity index (χ2v) is 6.67. The first-order chi connectivity index (χ1) is 12.2. The standard InChI is InChI=1S/C21H26N2O2/c24-21(25)22-16-18-12-10-17(11-13-18)6-3-4-14-23-15-5-8-19-7-1-2-9-20(19)23/h1-2,5,7-10,12,22H,3-4,6,11,13-16H2,(H,24,25). The van der Waals surface area contributed by atoms with E-state index in [9.17, 15) is 4.79 Å². The number of rotatable bonds is 7. The van der Waals surface area contributed by atoms with Crippen LogP contribution in [0, 0.1) is 0 Å². The van der Waals surface area contributed by atoms with Crippen LogP contribution in [0.4, 0.5) is 10.5 Å². The molecule has 0 spiro atoms. The minimum atomic E-state index is -0.954. The van der Waals surface area contributed by atoms with Crippen LogP contribution >= 0.6 is 0 Å². The van der Waals surface area contributed by atoms with Gasteiger partial charge >= 0.3 is 6.09 Å². The summed E-state index contributed by atoms with van der Waals surface area (Å²) in [4.78, 5) is 13.0. The van der Waals surface area contributed by atoms with Crippen molar-refractivity contribution in [2.24, 2.45) is 0 Å². The van der Waals surface area contributed by atoms with Gasteiger partial charge in [-0.2, -0.15) is 0 Å². The van der Waals surface area contributed by atoms with E-state index in [1.54, 1.807) is 0 Å². The molecule has 1 amide bonds. The molecule has 0 atom stereocenters. The Kier molecular flexibility index (Phi) is 5.94. The van der Waals surface area contributed by atoms with E-state index in [2.05, 4.69) is 58.8 Å². The average Bonchev–Trinajstić information content (AvgIpc) is 2.64. The fourth-order valence-corrected chi connectivity index (χ4v) is 3.46. The van der Waals surface area contributed by atoms with Crippen molar-refractivity contribution in [2.45, 2.75) is 32.1 Å². The molecule has 1 heterocycles. The van der Waals surface area contributed by atoms with Gasteiger partial charge in [-0.3, -0.25) is 0 Å². The summed E-state index contributed by atoms with van der Waals surface area (Å²) in [5.41, 5.74) is 5.32. The quantitative estimate of drug-likeness (QED) is 0.714. The molecular formula is C21H26N2O2. The number of para-hydroxylation sites is 1. The summed E-state index contributed by atoms with van der Waals surface area (Å²) in [5, 5.41) is 11.1. The van der Waals surface area contributed by atoms with Gasteiger partial charge in [0, 0.05) is 25.3 Å². The van der Waals surface area contributed by atoms with E-state index in [4.69, 9.17) is 5.11 Å². The molecule has 1 aliphatic carbocycles. The summed E-state index contributed by atoms with van der Waals surface area (Å²) >= 11 is 0. The average molecular weight is 338 g/mol. The molecule has 0 aromatic heterocycles. The van der Waals surface area contributed by atoms with Crippen molar-refractivity contribution in [3.63, 3.8) is 0 Å². The Balaban J connectivity index is 1.41. The van der Waals surface area contributed by atoms with Crippen LogP contribution in [0.25, 0.3) is 6.08 Å². The van der Waals surface area contributed by atoms with E-state index in [1.165, 1.54) is 35.2 Å². The molecule has 1 aromatic rings. The smallest absolute Gasteiger partial charge is 0.404 e. The third kappa shape index (κ3) is 4.99. The number of benzene rings is 1. The lowest BCUT2D eigenvalue weighted by Gasteiger charge is -2.28. The SMILES string of the molecule is O=C(O)NCC1=CC=C(CCCCN2CC=Cc3ccccc32)CC1. The third-order valence-electron chi connectivity index (χ3n) is 4.87. The fraction of sp³-hybridized carbons (Fsp3) is 0.381. The molecule has 0 radical (unpaired) electrons. The van der Waals surface area contributed by atoms with Crippen molar-refractivity contribution in [3.8, 4) is 0 Å². The van der Waals surface area contributed by atoms with Crippen LogP contribution in [-0.4, -0.2) is 30.8 Å². The first kappa shape index (κ1) is 17.3. The molecule has 132 valence electrons. The number of nitrogens with one attached hydrogen (secondary N) is 1. The van der Waals surface area contributed by atoms with Gasteiger partial charge in [-0.05, 0) is 43.7 Å². The molecule has 1 aromatic carbocycles. The Morgan fingerprint density at radius 3 is 2.72 bits per heavy atom. The van der Waals surface area contributed by atoms with Crippen molar-refractivity contribution in [2.75, 3.05) is 24.5 Å². The van der Waals surface area contributed by atoms with Crippen molar-refractivity contribution in [3.05, 3.63) is 59.2 Å². The molecule has 0 unspecified atom stereocenters. The second-order valence-electron chi connectivity index (χ2n) is 6.67. The van der Waals surface area contributed by atoms with Gasteiger partial charge in [0.05, 0.1) is 0 Å². The molecule has 0 saturated heterocycles. The Morgan fingerprint density at radius 2 is 1.92 bits per heavy atom. The third-order valence-corrected chi connectivity index (χ3v) is 4.87. The lowest BCUT2D eigenvalue weighted by Crippen LogP contribution is -2.27. The molecule has 1 aliphatic heterocycles. The highest BCUT2D eigenvalue weighted by Crippen LogP contribution is 2.26. The van der Waals surface area contributed by atoms with Crippen molar-refractivity contribution >= 4 is 17.9 Å². The number of amides is 1. The van der Waals surface area contributed by atoms with E-state index in [-0.39, 0.29) is 0 Å². The topological polar surface area (TPSA) is 52.6 Å². The highest BCUT2D eigenvalue weighted by atomic mass is 16.4. The Morgan fingerprint density at radius 1 is 1.12 bits per heavy atom. The maximum Gasteiger partial charge on any atom is 0.404 e. The zero-order valence-corrected chi connectivity index (χ0v) is 14.6. The molecule has 0 fully saturated rings. The van der Waals surface area contributed by atoms with Crippen LogP contribution in [0.15, 0.2) is 53.6 Å². The number of fused-ring (bicyclic) bond motifs is 1. The van der Waals surface area contributed by atoms with E-state index < -0.39 is 6.09 Å². The number of carbonyl (C=O) groups is 1. The number of allylic oxidation sites excluding steroid dienone is 3. The lowest BCUT2D eigenvalue weighted by molar-refractivity contribution is 0.195. The monoisotopic (exact) mass is 338 g/mol. The predicted octanol–water partition coefficient (Wildman–Crippen LogP) is 4.60. The van der Waals surface area contributed by atoms with Crippen LogP contribution in [0.5, 0.6) is 0 Å². The zero-order valence-electron chi connectivity index (χ0n) is 14.6. The molecule has 4 nitrogen and oxygen atoms in total. The van der Waals surface area contributed by atoms with Crippen molar-refractivity contribution in [1.82, 2.24) is 5.32 Å². The molecule has 0 saturated carbocycles. The maximum atomic E-state index is 10.5. The van der Waals surface area contributed by atoms with Crippen LogP contribution in [0.2, 0.25) is 0 Å². The molecule has 2 N–H and O–H groups in total. The Bertz CT molecular complexity index is 704. The van der Waals surface area contributed by atoms with E-state index >= 15 is 0 Å². The van der Waals surface area contributed by atoms with Gasteiger partial charge in [0.25, 0.3) is 0 Å². The van der Waals surface area contributed by atoms with Gasteiger partial charge in [0.15, 0.2) is 0 Å². The van der Waals surface area contributed by atoms with Gasteiger partial charge in [-0.25, -0.2) is 4.79 Å².